The van der Waals surface area contributed by atoms with E-state index in [0.29, 0.717) is 19.1 Å². The summed E-state index contributed by atoms with van der Waals surface area (Å²) >= 11 is 0. The predicted octanol–water partition coefficient (Wildman–Crippen LogP) is 1.95. The molecule has 5 heteroatoms. The lowest BCUT2D eigenvalue weighted by atomic mass is 9.95. The number of ether oxygens (including phenoxy) is 2. The van der Waals surface area contributed by atoms with Crippen LogP contribution >= 0.6 is 0 Å². The number of fused-ring (bicyclic) bond motifs is 1. The third-order valence-electron chi connectivity index (χ3n) is 4.02. The molecule has 0 bridgehead atoms. The summed E-state index contributed by atoms with van der Waals surface area (Å²) in [4.78, 5) is 11.9. The topological polar surface area (TPSA) is 59.6 Å². The highest BCUT2D eigenvalue weighted by molar-refractivity contribution is 5.78. The molecule has 1 amide bonds. The molecular formula is C16H22N2O3. The zero-order valence-electron chi connectivity index (χ0n) is 12.2. The van der Waals surface area contributed by atoms with Crippen LogP contribution in [0.5, 0.6) is 11.5 Å². The molecule has 114 valence electrons. The van der Waals surface area contributed by atoms with Crippen molar-refractivity contribution in [3.63, 3.8) is 0 Å². The second kappa shape index (κ2) is 6.80. The summed E-state index contributed by atoms with van der Waals surface area (Å²) in [6.45, 7) is 1.29. The van der Waals surface area contributed by atoms with Gasteiger partial charge in [0.2, 0.25) is 12.7 Å². The third kappa shape index (κ3) is 3.88. The Labute approximate surface area is 125 Å². The van der Waals surface area contributed by atoms with E-state index in [2.05, 4.69) is 10.6 Å². The molecule has 1 heterocycles. The molecule has 21 heavy (non-hydrogen) atoms. The van der Waals surface area contributed by atoms with Gasteiger partial charge in [-0.2, -0.15) is 0 Å². The molecule has 3 rings (SSSR count). The zero-order chi connectivity index (χ0) is 14.5. The Morgan fingerprint density at radius 1 is 1.14 bits per heavy atom. The number of hydrogen-bond acceptors (Lipinski definition) is 4. The second-order valence-corrected chi connectivity index (χ2v) is 5.69. The van der Waals surface area contributed by atoms with E-state index >= 15 is 0 Å². The first-order valence-electron chi connectivity index (χ1n) is 7.70. The minimum absolute atomic E-state index is 0.0858. The van der Waals surface area contributed by atoms with E-state index in [1.165, 1.54) is 19.3 Å². The fourth-order valence-electron chi connectivity index (χ4n) is 2.90. The number of hydrogen-bond donors (Lipinski definition) is 2. The smallest absolute Gasteiger partial charge is 0.234 e. The maximum Gasteiger partial charge on any atom is 0.234 e. The number of nitrogens with one attached hydrogen (secondary N) is 2. The van der Waals surface area contributed by atoms with Gasteiger partial charge in [-0.3, -0.25) is 4.79 Å². The van der Waals surface area contributed by atoms with Crippen molar-refractivity contribution in [2.45, 2.75) is 44.7 Å². The molecule has 2 aliphatic rings. The van der Waals surface area contributed by atoms with Gasteiger partial charge in [-0.1, -0.05) is 25.3 Å². The molecule has 1 aromatic carbocycles. The molecular weight excluding hydrogens is 268 g/mol. The molecule has 1 aliphatic heterocycles. The first-order chi connectivity index (χ1) is 10.3. The summed E-state index contributed by atoms with van der Waals surface area (Å²) in [5.41, 5.74) is 1.09. The van der Waals surface area contributed by atoms with E-state index in [4.69, 9.17) is 9.47 Å². The average molecular weight is 290 g/mol. The van der Waals surface area contributed by atoms with Crippen LogP contribution in [0.2, 0.25) is 0 Å². The van der Waals surface area contributed by atoms with E-state index in [9.17, 15) is 4.79 Å². The predicted molar refractivity (Wildman–Crippen MR) is 79.3 cm³/mol. The lowest BCUT2D eigenvalue weighted by Gasteiger charge is -2.22. The van der Waals surface area contributed by atoms with Gasteiger partial charge in [0.25, 0.3) is 0 Å². The van der Waals surface area contributed by atoms with Crippen molar-refractivity contribution in [1.29, 1.82) is 0 Å². The summed E-state index contributed by atoms with van der Waals surface area (Å²) < 4.78 is 10.6. The Bertz CT molecular complexity index is 498. The summed E-state index contributed by atoms with van der Waals surface area (Å²) in [5.74, 6) is 1.65. The Morgan fingerprint density at radius 2 is 1.95 bits per heavy atom. The SMILES string of the molecule is O=C(CNCc1ccc2c(c1)OCO2)NC1CCCCC1. The van der Waals surface area contributed by atoms with E-state index in [0.717, 1.165) is 29.9 Å². The number of rotatable bonds is 5. The molecule has 0 saturated heterocycles. The van der Waals surface area contributed by atoms with Crippen LogP contribution in [0.3, 0.4) is 0 Å². The molecule has 5 nitrogen and oxygen atoms in total. The number of carbonyl (C=O) groups excluding carboxylic acids is 1. The fourth-order valence-corrected chi connectivity index (χ4v) is 2.90. The normalized spacial score (nSPS) is 17.7. The second-order valence-electron chi connectivity index (χ2n) is 5.69. The maximum atomic E-state index is 11.9. The van der Waals surface area contributed by atoms with Gasteiger partial charge in [-0.05, 0) is 30.5 Å². The van der Waals surface area contributed by atoms with Crippen molar-refractivity contribution in [3.05, 3.63) is 23.8 Å². The third-order valence-corrected chi connectivity index (χ3v) is 4.02. The summed E-state index contributed by atoms with van der Waals surface area (Å²) in [7, 11) is 0. The molecule has 2 N–H and O–H groups in total. The van der Waals surface area contributed by atoms with Gasteiger partial charge in [0.15, 0.2) is 11.5 Å². The lowest BCUT2D eigenvalue weighted by molar-refractivity contribution is -0.121. The van der Waals surface area contributed by atoms with E-state index < -0.39 is 0 Å². The first kappa shape index (κ1) is 14.2. The Morgan fingerprint density at radius 3 is 2.81 bits per heavy atom. The van der Waals surface area contributed by atoms with Crippen molar-refractivity contribution < 1.29 is 14.3 Å². The molecule has 1 saturated carbocycles. The number of amides is 1. The van der Waals surface area contributed by atoms with Crippen molar-refractivity contribution in [3.8, 4) is 11.5 Å². The number of benzene rings is 1. The van der Waals surface area contributed by atoms with Gasteiger partial charge in [0.05, 0.1) is 6.54 Å². The molecule has 0 aromatic heterocycles. The number of carbonyl (C=O) groups is 1. The molecule has 0 atom stereocenters. The van der Waals surface area contributed by atoms with E-state index in [1.807, 2.05) is 18.2 Å². The van der Waals surface area contributed by atoms with Crippen molar-refractivity contribution >= 4 is 5.91 Å². The Hall–Kier alpha value is -1.75. The van der Waals surface area contributed by atoms with Crippen molar-refractivity contribution in [2.24, 2.45) is 0 Å². The van der Waals surface area contributed by atoms with Crippen molar-refractivity contribution in [1.82, 2.24) is 10.6 Å². The molecule has 1 aliphatic carbocycles. The molecule has 0 spiro atoms. The highest BCUT2D eigenvalue weighted by Crippen LogP contribution is 2.32. The van der Waals surface area contributed by atoms with Crippen LogP contribution in [0.25, 0.3) is 0 Å². The maximum absolute atomic E-state index is 11.9. The highest BCUT2D eigenvalue weighted by Gasteiger charge is 2.16. The van der Waals surface area contributed by atoms with Crippen LogP contribution in [0.1, 0.15) is 37.7 Å². The van der Waals surface area contributed by atoms with Crippen LogP contribution in [0.15, 0.2) is 18.2 Å². The van der Waals surface area contributed by atoms with Gasteiger partial charge in [-0.25, -0.2) is 0 Å². The summed E-state index contributed by atoms with van der Waals surface area (Å²) in [6.07, 6.45) is 6.00. The van der Waals surface area contributed by atoms with E-state index in [-0.39, 0.29) is 12.7 Å². The van der Waals surface area contributed by atoms with Crippen LogP contribution in [-0.4, -0.2) is 25.3 Å². The molecule has 1 fully saturated rings. The zero-order valence-corrected chi connectivity index (χ0v) is 12.2. The van der Waals surface area contributed by atoms with Crippen LogP contribution in [-0.2, 0) is 11.3 Å². The van der Waals surface area contributed by atoms with Gasteiger partial charge >= 0.3 is 0 Å². The summed E-state index contributed by atoms with van der Waals surface area (Å²) in [6, 6.07) is 6.22. The van der Waals surface area contributed by atoms with Crippen molar-refractivity contribution in [2.75, 3.05) is 13.3 Å². The molecule has 0 unspecified atom stereocenters. The lowest BCUT2D eigenvalue weighted by Crippen LogP contribution is -2.41. The van der Waals surface area contributed by atoms with Gasteiger partial charge in [0.1, 0.15) is 0 Å². The van der Waals surface area contributed by atoms with Crippen LogP contribution in [0.4, 0.5) is 0 Å². The van der Waals surface area contributed by atoms with Gasteiger partial charge in [-0.15, -0.1) is 0 Å². The average Bonchev–Trinajstić information content (AvgIpc) is 2.96. The van der Waals surface area contributed by atoms with Gasteiger partial charge < -0.3 is 20.1 Å². The monoisotopic (exact) mass is 290 g/mol. The first-order valence-corrected chi connectivity index (χ1v) is 7.70. The Kier molecular flexibility index (Phi) is 4.60. The quantitative estimate of drug-likeness (QED) is 0.870. The largest absolute Gasteiger partial charge is 0.454 e. The minimum atomic E-state index is 0.0858. The fraction of sp³-hybridized carbons (Fsp3) is 0.562. The van der Waals surface area contributed by atoms with Crippen LogP contribution < -0.4 is 20.1 Å². The standard InChI is InChI=1S/C16H22N2O3/c19-16(18-13-4-2-1-3-5-13)10-17-9-12-6-7-14-15(8-12)21-11-20-14/h6-8,13,17H,1-5,9-11H2,(H,18,19). The van der Waals surface area contributed by atoms with E-state index in [1.54, 1.807) is 0 Å². The van der Waals surface area contributed by atoms with Crippen LogP contribution in [0, 0.1) is 0 Å². The molecule has 1 aromatic rings. The van der Waals surface area contributed by atoms with Gasteiger partial charge in [0, 0.05) is 12.6 Å². The highest BCUT2D eigenvalue weighted by atomic mass is 16.7. The molecule has 0 radical (unpaired) electrons. The summed E-state index contributed by atoms with van der Waals surface area (Å²) in [5, 5.41) is 6.27. The Balaban J connectivity index is 1.40. The minimum Gasteiger partial charge on any atom is -0.454 e.